The number of nitrogens with one attached hydrogen (secondary N) is 1. The van der Waals surface area contributed by atoms with Crippen molar-refractivity contribution in [3.8, 4) is 0 Å². The van der Waals surface area contributed by atoms with E-state index in [0.717, 1.165) is 0 Å². The van der Waals surface area contributed by atoms with Crippen LogP contribution in [0.5, 0.6) is 0 Å². The van der Waals surface area contributed by atoms with Crippen LogP contribution in [-0.4, -0.2) is 21.9 Å². The molecule has 5 N–H and O–H groups in total. The predicted octanol–water partition coefficient (Wildman–Crippen LogP) is 0.00150. The molecule has 0 saturated heterocycles. The van der Waals surface area contributed by atoms with Crippen molar-refractivity contribution in [2.24, 2.45) is 11.5 Å². The van der Waals surface area contributed by atoms with E-state index < -0.39 is 11.9 Å². The van der Waals surface area contributed by atoms with E-state index in [-0.39, 0.29) is 4.99 Å². The molecule has 5 nitrogen and oxygen atoms in total. The summed E-state index contributed by atoms with van der Waals surface area (Å²) in [6.45, 7) is 1.65. The van der Waals surface area contributed by atoms with E-state index in [1.165, 1.54) is 0 Å². The van der Waals surface area contributed by atoms with Crippen LogP contribution in [0.15, 0.2) is 18.3 Å². The van der Waals surface area contributed by atoms with Crippen molar-refractivity contribution in [3.05, 3.63) is 24.0 Å². The zero-order valence-electron chi connectivity index (χ0n) is 8.23. The molecule has 1 amide bonds. The molecule has 0 aliphatic rings. The van der Waals surface area contributed by atoms with Gasteiger partial charge in [0.1, 0.15) is 16.7 Å². The minimum Gasteiger partial charge on any atom is -0.388 e. The van der Waals surface area contributed by atoms with Gasteiger partial charge in [0.25, 0.3) is 0 Å². The Morgan fingerprint density at radius 3 is 2.80 bits per heavy atom. The summed E-state index contributed by atoms with van der Waals surface area (Å²) in [5.41, 5.74) is 11.7. The highest BCUT2D eigenvalue weighted by Crippen LogP contribution is 2.12. The molecule has 0 aliphatic carbocycles. The first-order chi connectivity index (χ1) is 7.02. The number of anilines is 1. The Morgan fingerprint density at radius 1 is 1.60 bits per heavy atom. The second-order valence-corrected chi connectivity index (χ2v) is 3.47. The molecule has 1 unspecified atom stereocenters. The number of carbonyl (C=O) groups is 1. The number of rotatable bonds is 4. The van der Waals surface area contributed by atoms with Crippen LogP contribution in [0.4, 0.5) is 5.69 Å². The van der Waals surface area contributed by atoms with Gasteiger partial charge in [-0.1, -0.05) is 12.2 Å². The number of thiocarbonyl (C=S) groups is 1. The Kier molecular flexibility index (Phi) is 3.56. The molecule has 1 aromatic rings. The third-order valence-corrected chi connectivity index (χ3v) is 2.03. The lowest BCUT2D eigenvalue weighted by Gasteiger charge is -2.13. The van der Waals surface area contributed by atoms with Crippen molar-refractivity contribution in [1.29, 1.82) is 0 Å². The zero-order chi connectivity index (χ0) is 11.4. The number of nitrogens with zero attached hydrogens (tertiary/aromatic N) is 1. The molecule has 15 heavy (non-hydrogen) atoms. The van der Waals surface area contributed by atoms with Crippen LogP contribution in [-0.2, 0) is 4.79 Å². The summed E-state index contributed by atoms with van der Waals surface area (Å²) in [4.78, 5) is 15.0. The fraction of sp³-hybridized carbons (Fsp3) is 0.222. The van der Waals surface area contributed by atoms with E-state index in [1.807, 2.05) is 0 Å². The third-order valence-electron chi connectivity index (χ3n) is 1.84. The lowest BCUT2D eigenvalue weighted by Crippen LogP contribution is -2.33. The van der Waals surface area contributed by atoms with Crippen molar-refractivity contribution in [2.45, 2.75) is 13.0 Å². The average Bonchev–Trinajstić information content (AvgIpc) is 2.18. The van der Waals surface area contributed by atoms with Gasteiger partial charge in [-0.15, -0.1) is 0 Å². The molecular formula is C9H12N4OS. The lowest BCUT2D eigenvalue weighted by atomic mass is 10.2. The molecule has 1 rings (SSSR count). The van der Waals surface area contributed by atoms with Crippen LogP contribution in [0.25, 0.3) is 0 Å². The van der Waals surface area contributed by atoms with Crippen LogP contribution in [0, 0.1) is 0 Å². The van der Waals surface area contributed by atoms with Gasteiger partial charge in [-0.2, -0.15) is 0 Å². The second kappa shape index (κ2) is 4.70. The molecule has 0 spiro atoms. The normalized spacial score (nSPS) is 11.8. The van der Waals surface area contributed by atoms with Gasteiger partial charge < -0.3 is 16.8 Å². The molecule has 0 radical (unpaired) electrons. The first kappa shape index (κ1) is 11.4. The van der Waals surface area contributed by atoms with Gasteiger partial charge in [0.15, 0.2) is 0 Å². The van der Waals surface area contributed by atoms with Crippen LogP contribution in [0.2, 0.25) is 0 Å². The molecule has 0 aromatic carbocycles. The van der Waals surface area contributed by atoms with E-state index in [0.29, 0.717) is 11.4 Å². The monoisotopic (exact) mass is 224 g/mol. The molecule has 1 atom stereocenters. The first-order valence-corrected chi connectivity index (χ1v) is 4.74. The van der Waals surface area contributed by atoms with Crippen molar-refractivity contribution in [3.63, 3.8) is 0 Å². The maximum absolute atomic E-state index is 10.9. The standard InChI is InChI=1S/C9H12N4OS/c1-5(8(10)14)13-6-3-2-4-12-7(6)9(11)15/h2-5,13H,1H3,(H2,10,14)(H2,11,15). The number of aromatic nitrogens is 1. The Bertz CT molecular complexity index is 393. The molecule has 1 heterocycles. The highest BCUT2D eigenvalue weighted by molar-refractivity contribution is 7.80. The molecular weight excluding hydrogens is 212 g/mol. The van der Waals surface area contributed by atoms with Crippen molar-refractivity contribution >= 4 is 28.8 Å². The Labute approximate surface area is 92.9 Å². The number of pyridine rings is 1. The van der Waals surface area contributed by atoms with Gasteiger partial charge in [0.2, 0.25) is 5.91 Å². The SMILES string of the molecule is CC(Nc1cccnc1C(N)=S)C(N)=O. The van der Waals surface area contributed by atoms with Crippen molar-refractivity contribution in [1.82, 2.24) is 4.98 Å². The molecule has 1 aromatic heterocycles. The topological polar surface area (TPSA) is 94.0 Å². The van der Waals surface area contributed by atoms with Crippen LogP contribution in [0.3, 0.4) is 0 Å². The molecule has 0 bridgehead atoms. The Hall–Kier alpha value is -1.69. The smallest absolute Gasteiger partial charge is 0.239 e. The van der Waals surface area contributed by atoms with Crippen molar-refractivity contribution < 1.29 is 4.79 Å². The van der Waals surface area contributed by atoms with Gasteiger partial charge in [-0.05, 0) is 19.1 Å². The number of carbonyl (C=O) groups excluding carboxylic acids is 1. The molecule has 6 heteroatoms. The summed E-state index contributed by atoms with van der Waals surface area (Å²) in [7, 11) is 0. The second-order valence-electron chi connectivity index (χ2n) is 3.03. The Balaban J connectivity index is 2.94. The quantitative estimate of drug-likeness (QED) is 0.626. The Morgan fingerprint density at radius 2 is 2.27 bits per heavy atom. The van der Waals surface area contributed by atoms with E-state index in [2.05, 4.69) is 10.3 Å². The summed E-state index contributed by atoms with van der Waals surface area (Å²) in [6.07, 6.45) is 1.58. The fourth-order valence-corrected chi connectivity index (χ4v) is 1.19. The van der Waals surface area contributed by atoms with Gasteiger partial charge in [0, 0.05) is 6.20 Å². The number of hydrogen-bond acceptors (Lipinski definition) is 4. The van der Waals surface area contributed by atoms with Gasteiger partial charge in [0.05, 0.1) is 5.69 Å². The number of primary amides is 1. The number of nitrogens with two attached hydrogens (primary N) is 2. The molecule has 80 valence electrons. The van der Waals surface area contributed by atoms with E-state index in [9.17, 15) is 4.79 Å². The fourth-order valence-electron chi connectivity index (χ4n) is 1.02. The van der Waals surface area contributed by atoms with E-state index >= 15 is 0 Å². The summed E-state index contributed by atoms with van der Waals surface area (Å²) in [5, 5.41) is 2.89. The van der Waals surface area contributed by atoms with Gasteiger partial charge >= 0.3 is 0 Å². The van der Waals surface area contributed by atoms with Crippen LogP contribution < -0.4 is 16.8 Å². The summed E-state index contributed by atoms with van der Waals surface area (Å²) in [5.74, 6) is -0.451. The van der Waals surface area contributed by atoms with Gasteiger partial charge in [-0.25, -0.2) is 0 Å². The van der Waals surface area contributed by atoms with Crippen LogP contribution in [0.1, 0.15) is 12.6 Å². The predicted molar refractivity (Wildman–Crippen MR) is 62.4 cm³/mol. The van der Waals surface area contributed by atoms with Crippen LogP contribution >= 0.6 is 12.2 Å². The highest BCUT2D eigenvalue weighted by atomic mass is 32.1. The first-order valence-electron chi connectivity index (χ1n) is 4.33. The zero-order valence-corrected chi connectivity index (χ0v) is 9.04. The summed E-state index contributed by atoms with van der Waals surface area (Å²) in [6, 6.07) is 2.96. The van der Waals surface area contributed by atoms with E-state index in [4.69, 9.17) is 23.7 Å². The number of hydrogen-bond donors (Lipinski definition) is 3. The van der Waals surface area contributed by atoms with Gasteiger partial charge in [-0.3, -0.25) is 9.78 Å². The maximum atomic E-state index is 10.9. The maximum Gasteiger partial charge on any atom is 0.239 e. The minimum atomic E-state index is -0.498. The largest absolute Gasteiger partial charge is 0.388 e. The average molecular weight is 224 g/mol. The summed E-state index contributed by atoms with van der Waals surface area (Å²) >= 11 is 4.83. The molecule has 0 saturated carbocycles. The third kappa shape index (κ3) is 2.88. The minimum absolute atomic E-state index is 0.176. The lowest BCUT2D eigenvalue weighted by molar-refractivity contribution is -0.118. The highest BCUT2D eigenvalue weighted by Gasteiger charge is 2.12. The summed E-state index contributed by atoms with van der Waals surface area (Å²) < 4.78 is 0. The molecule has 0 fully saturated rings. The van der Waals surface area contributed by atoms with Crippen molar-refractivity contribution in [2.75, 3.05) is 5.32 Å². The number of amides is 1. The van der Waals surface area contributed by atoms with E-state index in [1.54, 1.807) is 25.3 Å². The molecule has 0 aliphatic heterocycles.